The summed E-state index contributed by atoms with van der Waals surface area (Å²) >= 11 is 1.68. The van der Waals surface area contributed by atoms with E-state index in [9.17, 15) is 0 Å². The zero-order valence-corrected chi connectivity index (χ0v) is 13.6. The lowest BCUT2D eigenvalue weighted by atomic mass is 9.94. The number of thiazole rings is 1. The van der Waals surface area contributed by atoms with Gasteiger partial charge in [0.15, 0.2) is 5.13 Å². The number of nitrogens with zero attached hydrogens (tertiary/aromatic N) is 2. The van der Waals surface area contributed by atoms with Crippen molar-refractivity contribution in [1.82, 2.24) is 10.3 Å². The first-order valence-electron chi connectivity index (χ1n) is 6.75. The monoisotopic (exact) mass is 283 g/mol. The predicted molar refractivity (Wildman–Crippen MR) is 80.9 cm³/mol. The first-order chi connectivity index (χ1) is 8.70. The summed E-state index contributed by atoms with van der Waals surface area (Å²) in [6.07, 6.45) is 1.03. The molecular formula is C14H25N3OS. The molecule has 2 rings (SSSR count). The highest BCUT2D eigenvalue weighted by Crippen LogP contribution is 2.37. The number of rotatable bonds is 4. The second-order valence-electron chi connectivity index (χ2n) is 6.62. The van der Waals surface area contributed by atoms with E-state index < -0.39 is 0 Å². The summed E-state index contributed by atoms with van der Waals surface area (Å²) in [6, 6.07) is 0.368. The van der Waals surface area contributed by atoms with Crippen LogP contribution in [0.5, 0.6) is 0 Å². The number of ether oxygens (including phenoxy) is 1. The molecule has 0 saturated carbocycles. The molecule has 1 aromatic rings. The maximum Gasteiger partial charge on any atom is 0.185 e. The lowest BCUT2D eigenvalue weighted by Gasteiger charge is -2.27. The zero-order chi connectivity index (χ0) is 14.3. The summed E-state index contributed by atoms with van der Waals surface area (Å²) in [7, 11) is 4.04. The molecule has 1 fully saturated rings. The van der Waals surface area contributed by atoms with E-state index in [2.05, 4.69) is 43.4 Å². The van der Waals surface area contributed by atoms with Crippen LogP contribution in [0.4, 0.5) is 5.13 Å². The predicted octanol–water partition coefficient (Wildman–Crippen LogP) is 2.64. The number of nitrogens with one attached hydrogen (secondary N) is 1. The first-order valence-corrected chi connectivity index (χ1v) is 7.63. The molecule has 0 amide bonds. The molecule has 108 valence electrons. The van der Waals surface area contributed by atoms with Crippen LogP contribution in [0.25, 0.3) is 0 Å². The Morgan fingerprint density at radius 3 is 2.58 bits per heavy atom. The fourth-order valence-corrected chi connectivity index (χ4v) is 3.45. The van der Waals surface area contributed by atoms with Crippen LogP contribution in [0.3, 0.4) is 0 Å². The number of hydrogen-bond acceptors (Lipinski definition) is 5. The molecule has 1 saturated heterocycles. The van der Waals surface area contributed by atoms with Gasteiger partial charge in [-0.25, -0.2) is 4.98 Å². The van der Waals surface area contributed by atoms with Crippen molar-refractivity contribution in [3.8, 4) is 0 Å². The average Bonchev–Trinajstić information content (AvgIpc) is 2.77. The van der Waals surface area contributed by atoms with Crippen LogP contribution in [0.1, 0.15) is 39.8 Å². The van der Waals surface area contributed by atoms with Gasteiger partial charge in [-0.15, -0.1) is 11.3 Å². The Balaban J connectivity index is 1.95. The van der Waals surface area contributed by atoms with Crippen molar-refractivity contribution >= 4 is 16.5 Å². The molecule has 5 heteroatoms. The summed E-state index contributed by atoms with van der Waals surface area (Å²) in [5.41, 5.74) is 0.941. The minimum absolute atomic E-state index is 0.0436. The molecule has 1 aliphatic heterocycles. The molecule has 1 aliphatic rings. The molecule has 0 radical (unpaired) electrons. The fourth-order valence-electron chi connectivity index (χ4n) is 2.69. The molecule has 1 N–H and O–H groups in total. The van der Waals surface area contributed by atoms with E-state index in [-0.39, 0.29) is 11.2 Å². The van der Waals surface area contributed by atoms with E-state index in [0.717, 1.165) is 23.8 Å². The Kier molecular flexibility index (Phi) is 3.91. The molecule has 0 aliphatic carbocycles. The highest BCUT2D eigenvalue weighted by Gasteiger charge is 2.45. The van der Waals surface area contributed by atoms with Crippen molar-refractivity contribution in [2.45, 2.75) is 57.9 Å². The van der Waals surface area contributed by atoms with Gasteiger partial charge in [0.2, 0.25) is 0 Å². The van der Waals surface area contributed by atoms with Gasteiger partial charge in [0.05, 0.1) is 16.9 Å². The summed E-state index contributed by atoms with van der Waals surface area (Å²) < 4.78 is 6.09. The molecule has 19 heavy (non-hydrogen) atoms. The zero-order valence-electron chi connectivity index (χ0n) is 12.8. The van der Waals surface area contributed by atoms with Crippen LogP contribution in [0.2, 0.25) is 0 Å². The summed E-state index contributed by atoms with van der Waals surface area (Å²) in [5.74, 6) is 0. The highest BCUT2D eigenvalue weighted by atomic mass is 32.1. The molecule has 0 spiro atoms. The van der Waals surface area contributed by atoms with Crippen LogP contribution >= 0.6 is 11.3 Å². The second kappa shape index (κ2) is 5.04. The number of aromatic nitrogens is 1. The van der Waals surface area contributed by atoms with Crippen molar-refractivity contribution in [3.63, 3.8) is 0 Å². The standard InChI is InChI=1S/C14H25N3OS/c1-13(2)7-11(14(3,4)18-13)15-8-10-9-19-12(16-10)17(5)6/h9,11,15H,7-8H2,1-6H3/t11-/m1/s1. The molecular weight excluding hydrogens is 258 g/mol. The molecule has 2 heterocycles. The van der Waals surface area contributed by atoms with Gasteiger partial charge in [0, 0.05) is 32.1 Å². The normalized spacial score (nSPS) is 24.6. The average molecular weight is 283 g/mol. The van der Waals surface area contributed by atoms with Gasteiger partial charge in [0.1, 0.15) is 0 Å². The van der Waals surface area contributed by atoms with Crippen LogP contribution < -0.4 is 10.2 Å². The molecule has 4 nitrogen and oxygen atoms in total. The SMILES string of the molecule is CN(C)c1nc(CN[C@@H]2CC(C)(C)OC2(C)C)cs1. The van der Waals surface area contributed by atoms with E-state index in [1.807, 2.05) is 19.0 Å². The number of hydrogen-bond donors (Lipinski definition) is 1. The highest BCUT2D eigenvalue weighted by molar-refractivity contribution is 7.13. The van der Waals surface area contributed by atoms with Crippen LogP contribution in [-0.4, -0.2) is 36.3 Å². The maximum atomic E-state index is 6.09. The quantitative estimate of drug-likeness (QED) is 0.922. The van der Waals surface area contributed by atoms with Gasteiger partial charge in [-0.2, -0.15) is 0 Å². The van der Waals surface area contributed by atoms with Gasteiger partial charge in [-0.05, 0) is 34.1 Å². The Labute approximate surface area is 120 Å². The van der Waals surface area contributed by atoms with Crippen LogP contribution in [0.15, 0.2) is 5.38 Å². The van der Waals surface area contributed by atoms with Crippen molar-refractivity contribution in [2.24, 2.45) is 0 Å². The van der Waals surface area contributed by atoms with Crippen molar-refractivity contribution in [2.75, 3.05) is 19.0 Å². The van der Waals surface area contributed by atoms with Gasteiger partial charge >= 0.3 is 0 Å². The van der Waals surface area contributed by atoms with E-state index >= 15 is 0 Å². The maximum absolute atomic E-state index is 6.09. The Morgan fingerprint density at radius 1 is 1.42 bits per heavy atom. The molecule has 0 bridgehead atoms. The van der Waals surface area contributed by atoms with Crippen molar-refractivity contribution < 1.29 is 4.74 Å². The summed E-state index contributed by atoms with van der Waals surface area (Å²) in [5, 5.41) is 6.77. The molecule has 0 unspecified atom stereocenters. The minimum Gasteiger partial charge on any atom is -0.368 e. The van der Waals surface area contributed by atoms with Crippen molar-refractivity contribution in [3.05, 3.63) is 11.1 Å². The van der Waals surface area contributed by atoms with Crippen LogP contribution in [-0.2, 0) is 11.3 Å². The topological polar surface area (TPSA) is 37.4 Å². The van der Waals surface area contributed by atoms with Crippen LogP contribution in [0, 0.1) is 0 Å². The lowest BCUT2D eigenvalue weighted by molar-refractivity contribution is -0.0699. The van der Waals surface area contributed by atoms with Gasteiger partial charge in [-0.1, -0.05) is 0 Å². The molecule has 1 aromatic heterocycles. The van der Waals surface area contributed by atoms with E-state index in [0.29, 0.717) is 6.04 Å². The van der Waals surface area contributed by atoms with Gasteiger partial charge in [0.25, 0.3) is 0 Å². The lowest BCUT2D eigenvalue weighted by Crippen LogP contribution is -2.43. The Hall–Kier alpha value is -0.650. The number of anilines is 1. The van der Waals surface area contributed by atoms with E-state index in [1.165, 1.54) is 0 Å². The van der Waals surface area contributed by atoms with Gasteiger partial charge < -0.3 is 15.0 Å². The minimum atomic E-state index is -0.121. The smallest absolute Gasteiger partial charge is 0.185 e. The Bertz CT molecular complexity index is 440. The fraction of sp³-hybridized carbons (Fsp3) is 0.786. The molecule has 1 atom stereocenters. The van der Waals surface area contributed by atoms with E-state index in [4.69, 9.17) is 4.74 Å². The Morgan fingerprint density at radius 2 is 2.11 bits per heavy atom. The second-order valence-corrected chi connectivity index (χ2v) is 7.46. The third-order valence-corrected chi connectivity index (χ3v) is 4.58. The van der Waals surface area contributed by atoms with Crippen molar-refractivity contribution in [1.29, 1.82) is 0 Å². The summed E-state index contributed by atoms with van der Waals surface area (Å²) in [6.45, 7) is 9.43. The third-order valence-electron chi connectivity index (χ3n) is 3.53. The largest absolute Gasteiger partial charge is 0.368 e. The van der Waals surface area contributed by atoms with E-state index in [1.54, 1.807) is 11.3 Å². The first kappa shape index (κ1) is 14.8. The molecule has 0 aromatic carbocycles. The third kappa shape index (κ3) is 3.46. The summed E-state index contributed by atoms with van der Waals surface area (Å²) in [4.78, 5) is 6.64. The van der Waals surface area contributed by atoms with Gasteiger partial charge in [-0.3, -0.25) is 0 Å².